The maximum Gasteiger partial charge on any atom is 0.233 e. The number of carbonyl (C=O) groups excluding carboxylic acids is 2. The van der Waals surface area contributed by atoms with Gasteiger partial charge in [0.25, 0.3) is 0 Å². The van der Waals surface area contributed by atoms with Gasteiger partial charge in [0.15, 0.2) is 0 Å². The molecule has 0 aromatic heterocycles. The molecule has 24 heavy (non-hydrogen) atoms. The zero-order valence-electron chi connectivity index (χ0n) is 13.8. The number of fused-ring (bicyclic) bond motifs is 1. The van der Waals surface area contributed by atoms with E-state index in [-0.39, 0.29) is 18.2 Å². The average Bonchev–Trinajstić information content (AvgIpc) is 2.58. The Bertz CT molecular complexity index is 716. The highest BCUT2D eigenvalue weighted by atomic mass is 16.5. The van der Waals surface area contributed by atoms with Crippen LogP contribution in [-0.2, 0) is 9.59 Å². The van der Waals surface area contributed by atoms with Crippen LogP contribution in [0, 0.1) is 0 Å². The van der Waals surface area contributed by atoms with Crippen molar-refractivity contribution in [1.29, 1.82) is 0 Å². The van der Waals surface area contributed by atoms with Crippen LogP contribution in [0.1, 0.15) is 19.3 Å². The zero-order chi connectivity index (χ0) is 17.4. The lowest BCUT2D eigenvalue weighted by Gasteiger charge is -2.14. The summed E-state index contributed by atoms with van der Waals surface area (Å²) in [6.45, 7) is 1.14. The van der Waals surface area contributed by atoms with E-state index in [0.29, 0.717) is 24.6 Å². The van der Waals surface area contributed by atoms with Gasteiger partial charge in [-0.1, -0.05) is 24.3 Å². The summed E-state index contributed by atoms with van der Waals surface area (Å²) in [5, 5.41) is 7.20. The quantitative estimate of drug-likeness (QED) is 0.510. The molecule has 0 atom stereocenters. The molecule has 0 aliphatic carbocycles. The smallest absolute Gasteiger partial charge is 0.233 e. The van der Waals surface area contributed by atoms with E-state index < -0.39 is 0 Å². The van der Waals surface area contributed by atoms with Crippen molar-refractivity contribution in [2.24, 2.45) is 5.73 Å². The van der Waals surface area contributed by atoms with E-state index in [2.05, 4.69) is 10.6 Å². The van der Waals surface area contributed by atoms with E-state index in [1.165, 1.54) is 7.05 Å². The first-order chi connectivity index (χ1) is 11.6. The van der Waals surface area contributed by atoms with Gasteiger partial charge in [0, 0.05) is 7.05 Å². The zero-order valence-corrected chi connectivity index (χ0v) is 13.8. The van der Waals surface area contributed by atoms with Crippen LogP contribution in [0.4, 0.5) is 5.69 Å². The fraction of sp³-hybridized carbons (Fsp3) is 0.333. The molecule has 0 aliphatic heterocycles. The molecule has 2 aromatic rings. The molecule has 0 bridgehead atoms. The second-order valence-corrected chi connectivity index (χ2v) is 5.44. The van der Waals surface area contributed by atoms with E-state index in [1.807, 2.05) is 36.4 Å². The molecule has 6 heteroatoms. The van der Waals surface area contributed by atoms with Gasteiger partial charge in [-0.2, -0.15) is 0 Å². The van der Waals surface area contributed by atoms with Crippen molar-refractivity contribution in [3.63, 3.8) is 0 Å². The number of benzene rings is 2. The van der Waals surface area contributed by atoms with Crippen LogP contribution in [0.15, 0.2) is 36.4 Å². The van der Waals surface area contributed by atoms with E-state index in [9.17, 15) is 9.59 Å². The van der Waals surface area contributed by atoms with Crippen molar-refractivity contribution in [2.75, 3.05) is 25.5 Å². The molecular formula is C18H23N3O3. The number of rotatable bonds is 8. The van der Waals surface area contributed by atoms with Crippen LogP contribution in [-0.4, -0.2) is 32.0 Å². The van der Waals surface area contributed by atoms with E-state index in [1.54, 1.807) is 0 Å². The Kier molecular flexibility index (Phi) is 6.57. The van der Waals surface area contributed by atoms with Crippen molar-refractivity contribution >= 4 is 28.3 Å². The third kappa shape index (κ3) is 4.96. The SMILES string of the molecule is CNC(=O)CC(=O)Nc1cc2ccccc2cc1OCCCCN. The summed E-state index contributed by atoms with van der Waals surface area (Å²) in [5.74, 6) is -0.119. The Balaban J connectivity index is 2.20. The lowest BCUT2D eigenvalue weighted by atomic mass is 10.1. The normalized spacial score (nSPS) is 10.4. The number of nitrogens with two attached hydrogens (primary N) is 1. The van der Waals surface area contributed by atoms with Crippen molar-refractivity contribution in [2.45, 2.75) is 19.3 Å². The third-order valence-electron chi connectivity index (χ3n) is 3.58. The molecule has 6 nitrogen and oxygen atoms in total. The highest BCUT2D eigenvalue weighted by molar-refractivity contribution is 6.05. The fourth-order valence-electron chi connectivity index (χ4n) is 2.29. The summed E-state index contributed by atoms with van der Waals surface area (Å²) >= 11 is 0. The van der Waals surface area contributed by atoms with Crippen molar-refractivity contribution < 1.29 is 14.3 Å². The molecule has 0 saturated heterocycles. The molecule has 0 heterocycles. The predicted molar refractivity (Wildman–Crippen MR) is 95.0 cm³/mol. The second-order valence-electron chi connectivity index (χ2n) is 5.44. The Morgan fingerprint density at radius 2 is 1.79 bits per heavy atom. The fourth-order valence-corrected chi connectivity index (χ4v) is 2.29. The summed E-state index contributed by atoms with van der Waals surface area (Å²) in [4.78, 5) is 23.3. The molecule has 0 spiro atoms. The van der Waals surface area contributed by atoms with Gasteiger partial charge in [-0.25, -0.2) is 0 Å². The summed E-state index contributed by atoms with van der Waals surface area (Å²) in [6, 6.07) is 11.6. The van der Waals surface area contributed by atoms with Crippen LogP contribution in [0.25, 0.3) is 10.8 Å². The molecule has 4 N–H and O–H groups in total. The Labute approximate surface area is 141 Å². The first kappa shape index (κ1) is 17.7. The van der Waals surface area contributed by atoms with Gasteiger partial charge in [-0.3, -0.25) is 9.59 Å². The van der Waals surface area contributed by atoms with Gasteiger partial charge in [-0.15, -0.1) is 0 Å². The van der Waals surface area contributed by atoms with Crippen molar-refractivity contribution in [3.05, 3.63) is 36.4 Å². The largest absolute Gasteiger partial charge is 0.491 e. The van der Waals surface area contributed by atoms with Gasteiger partial charge < -0.3 is 21.1 Å². The molecule has 0 fully saturated rings. The van der Waals surface area contributed by atoms with Crippen LogP contribution >= 0.6 is 0 Å². The highest BCUT2D eigenvalue weighted by Gasteiger charge is 2.12. The van der Waals surface area contributed by atoms with Crippen LogP contribution in [0.3, 0.4) is 0 Å². The van der Waals surface area contributed by atoms with E-state index in [0.717, 1.165) is 23.6 Å². The van der Waals surface area contributed by atoms with E-state index in [4.69, 9.17) is 10.5 Å². The highest BCUT2D eigenvalue weighted by Crippen LogP contribution is 2.31. The molecule has 0 aliphatic rings. The van der Waals surface area contributed by atoms with Crippen molar-refractivity contribution in [3.8, 4) is 5.75 Å². The molecule has 0 unspecified atom stereocenters. The van der Waals surface area contributed by atoms with Crippen LogP contribution in [0.5, 0.6) is 5.75 Å². The third-order valence-corrected chi connectivity index (χ3v) is 3.58. The molecule has 0 radical (unpaired) electrons. The predicted octanol–water partition coefficient (Wildman–Crippen LogP) is 2.03. The number of anilines is 1. The minimum Gasteiger partial charge on any atom is -0.491 e. The number of unbranched alkanes of at least 4 members (excludes halogenated alkanes) is 1. The minimum atomic E-state index is -0.378. The molecule has 2 rings (SSSR count). The number of hydrogen-bond donors (Lipinski definition) is 3. The number of amides is 2. The van der Waals surface area contributed by atoms with Crippen LogP contribution in [0.2, 0.25) is 0 Å². The van der Waals surface area contributed by atoms with Crippen LogP contribution < -0.4 is 21.1 Å². The monoisotopic (exact) mass is 329 g/mol. The first-order valence-corrected chi connectivity index (χ1v) is 8.00. The van der Waals surface area contributed by atoms with Gasteiger partial charge in [0.1, 0.15) is 12.2 Å². The molecule has 2 amide bonds. The van der Waals surface area contributed by atoms with Gasteiger partial charge in [0.2, 0.25) is 11.8 Å². The minimum absolute atomic E-state index is 0.226. The van der Waals surface area contributed by atoms with Gasteiger partial charge in [-0.05, 0) is 42.3 Å². The lowest BCUT2D eigenvalue weighted by molar-refractivity contribution is -0.126. The number of ether oxygens (including phenoxy) is 1. The Morgan fingerprint density at radius 3 is 2.46 bits per heavy atom. The maximum absolute atomic E-state index is 12.0. The van der Waals surface area contributed by atoms with Gasteiger partial charge in [0.05, 0.1) is 12.3 Å². The summed E-state index contributed by atoms with van der Waals surface area (Å²) < 4.78 is 5.81. The second kappa shape index (κ2) is 8.88. The summed E-state index contributed by atoms with van der Waals surface area (Å²) in [6.07, 6.45) is 1.50. The summed E-state index contributed by atoms with van der Waals surface area (Å²) in [5.41, 5.74) is 6.05. The number of carbonyl (C=O) groups is 2. The Morgan fingerprint density at radius 1 is 1.08 bits per heavy atom. The van der Waals surface area contributed by atoms with E-state index >= 15 is 0 Å². The molecule has 2 aromatic carbocycles. The average molecular weight is 329 g/mol. The molecule has 128 valence electrons. The maximum atomic E-state index is 12.0. The van der Waals surface area contributed by atoms with Crippen molar-refractivity contribution in [1.82, 2.24) is 5.32 Å². The Hall–Kier alpha value is -2.60. The standard InChI is InChI=1S/C18H23N3O3/c1-20-17(22)12-18(23)21-15-10-13-6-2-3-7-14(13)11-16(15)24-9-5-4-8-19/h2-3,6-7,10-11H,4-5,8-9,12,19H2,1H3,(H,20,22)(H,21,23). The number of hydrogen-bond acceptors (Lipinski definition) is 4. The topological polar surface area (TPSA) is 93.5 Å². The lowest BCUT2D eigenvalue weighted by Crippen LogP contribution is -2.25. The summed E-state index contributed by atoms with van der Waals surface area (Å²) in [7, 11) is 1.50. The van der Waals surface area contributed by atoms with Gasteiger partial charge >= 0.3 is 0 Å². The first-order valence-electron chi connectivity index (χ1n) is 8.00. The molecule has 0 saturated carbocycles. The number of nitrogens with one attached hydrogen (secondary N) is 2. The molecular weight excluding hydrogens is 306 g/mol.